The van der Waals surface area contributed by atoms with E-state index in [0.29, 0.717) is 11.5 Å². The third-order valence-corrected chi connectivity index (χ3v) is 3.37. The zero-order valence-electron chi connectivity index (χ0n) is 10.8. The number of hydrogen-bond acceptors (Lipinski definition) is 1. The lowest BCUT2D eigenvalue weighted by Gasteiger charge is -2.08. The lowest BCUT2D eigenvalue weighted by molar-refractivity contribution is 0.627. The molecule has 1 N–H and O–H groups in total. The van der Waals surface area contributed by atoms with Crippen LogP contribution in [0.4, 0.5) is 4.39 Å². The van der Waals surface area contributed by atoms with E-state index in [2.05, 4.69) is 24.4 Å². The molecule has 0 unspecified atom stereocenters. The minimum absolute atomic E-state index is 0.221. The van der Waals surface area contributed by atoms with Crippen LogP contribution < -0.4 is 5.32 Å². The molecule has 2 aromatic carbocycles. The zero-order valence-corrected chi connectivity index (χ0v) is 11.6. The van der Waals surface area contributed by atoms with Gasteiger partial charge in [-0.1, -0.05) is 55.5 Å². The van der Waals surface area contributed by atoms with E-state index in [1.807, 2.05) is 12.1 Å². The highest BCUT2D eigenvalue weighted by atomic mass is 32.1. The summed E-state index contributed by atoms with van der Waals surface area (Å²) in [5.74, 6) is -0.221. The summed E-state index contributed by atoms with van der Waals surface area (Å²) in [5.41, 5.74) is 3.31. The number of benzene rings is 2. The van der Waals surface area contributed by atoms with Crippen molar-refractivity contribution in [3.8, 4) is 0 Å². The Morgan fingerprint density at radius 1 is 1.00 bits per heavy atom. The summed E-state index contributed by atoms with van der Waals surface area (Å²) in [5, 5.41) is 3.18. The molecule has 0 radical (unpaired) electrons. The van der Waals surface area contributed by atoms with E-state index in [9.17, 15) is 4.39 Å². The first-order chi connectivity index (χ1) is 9.19. The topological polar surface area (TPSA) is 12.0 Å². The minimum Gasteiger partial charge on any atom is -0.372 e. The molecular formula is C16H16FNS. The lowest BCUT2D eigenvalue weighted by Crippen LogP contribution is -2.21. The fourth-order valence-electron chi connectivity index (χ4n) is 1.78. The van der Waals surface area contributed by atoms with Crippen molar-refractivity contribution in [3.05, 3.63) is 71.0 Å². The molecule has 0 bridgehead atoms. The molecule has 0 spiro atoms. The summed E-state index contributed by atoms with van der Waals surface area (Å²) >= 11 is 5.34. The van der Waals surface area contributed by atoms with Crippen LogP contribution in [0, 0.1) is 5.82 Å². The Labute approximate surface area is 118 Å². The molecule has 2 rings (SSSR count). The molecule has 19 heavy (non-hydrogen) atoms. The molecule has 0 atom stereocenters. The van der Waals surface area contributed by atoms with Crippen LogP contribution in [0.15, 0.2) is 48.5 Å². The maximum Gasteiger partial charge on any atom is 0.123 e. The minimum atomic E-state index is -0.221. The molecule has 0 heterocycles. The zero-order chi connectivity index (χ0) is 13.7. The lowest BCUT2D eigenvalue weighted by atomic mass is 10.1. The maximum absolute atomic E-state index is 12.8. The van der Waals surface area contributed by atoms with Crippen molar-refractivity contribution in [2.24, 2.45) is 0 Å². The second-order valence-corrected chi connectivity index (χ2v) is 4.77. The van der Waals surface area contributed by atoms with Crippen molar-refractivity contribution in [3.63, 3.8) is 0 Å². The third kappa shape index (κ3) is 3.86. The van der Waals surface area contributed by atoms with Gasteiger partial charge in [0.1, 0.15) is 10.8 Å². The van der Waals surface area contributed by atoms with Crippen LogP contribution in [-0.4, -0.2) is 4.99 Å². The van der Waals surface area contributed by atoms with Crippen molar-refractivity contribution in [2.75, 3.05) is 0 Å². The Hall–Kier alpha value is -1.74. The maximum atomic E-state index is 12.8. The van der Waals surface area contributed by atoms with Crippen LogP contribution in [0.3, 0.4) is 0 Å². The fourth-order valence-corrected chi connectivity index (χ4v) is 1.99. The molecule has 3 heteroatoms. The average Bonchev–Trinajstić information content (AvgIpc) is 2.46. The average molecular weight is 273 g/mol. The largest absolute Gasteiger partial charge is 0.372 e. The summed E-state index contributed by atoms with van der Waals surface area (Å²) in [4.78, 5) is 0.715. The fraction of sp³-hybridized carbons (Fsp3) is 0.188. The second kappa shape index (κ2) is 6.43. The Kier molecular flexibility index (Phi) is 4.63. The van der Waals surface area contributed by atoms with Crippen molar-refractivity contribution < 1.29 is 4.39 Å². The molecule has 0 fully saturated rings. The molecule has 98 valence electrons. The van der Waals surface area contributed by atoms with Crippen LogP contribution in [-0.2, 0) is 13.0 Å². The van der Waals surface area contributed by atoms with Crippen molar-refractivity contribution in [1.82, 2.24) is 5.32 Å². The van der Waals surface area contributed by atoms with E-state index in [1.54, 1.807) is 12.1 Å². The van der Waals surface area contributed by atoms with Crippen molar-refractivity contribution >= 4 is 17.2 Å². The van der Waals surface area contributed by atoms with Crippen LogP contribution in [0.1, 0.15) is 23.6 Å². The normalized spacial score (nSPS) is 10.2. The number of thiocarbonyl (C=S) groups is 1. The van der Waals surface area contributed by atoms with Gasteiger partial charge in [-0.15, -0.1) is 0 Å². The Morgan fingerprint density at radius 3 is 2.16 bits per heavy atom. The predicted octanol–water partition coefficient (Wildman–Crippen LogP) is 3.85. The number of halogens is 1. The van der Waals surface area contributed by atoms with E-state index >= 15 is 0 Å². The summed E-state index contributed by atoms with van der Waals surface area (Å²) in [6.45, 7) is 2.73. The summed E-state index contributed by atoms with van der Waals surface area (Å²) in [7, 11) is 0. The predicted molar refractivity (Wildman–Crippen MR) is 80.8 cm³/mol. The Morgan fingerprint density at radius 2 is 1.58 bits per heavy atom. The molecule has 0 saturated carbocycles. The molecule has 0 amide bonds. The molecular weight excluding hydrogens is 257 g/mol. The molecule has 0 aromatic heterocycles. The van der Waals surface area contributed by atoms with Crippen LogP contribution >= 0.6 is 12.2 Å². The number of rotatable bonds is 4. The quantitative estimate of drug-likeness (QED) is 0.849. The molecule has 0 aliphatic carbocycles. The number of aryl methyl sites for hydroxylation is 1. The van der Waals surface area contributed by atoms with Crippen LogP contribution in [0.25, 0.3) is 0 Å². The molecule has 0 saturated heterocycles. The van der Waals surface area contributed by atoms with Gasteiger partial charge < -0.3 is 5.32 Å². The highest BCUT2D eigenvalue weighted by Gasteiger charge is 2.01. The third-order valence-electron chi connectivity index (χ3n) is 2.99. The molecule has 1 nitrogen and oxygen atoms in total. The highest BCUT2D eigenvalue weighted by Crippen LogP contribution is 2.07. The van der Waals surface area contributed by atoms with Gasteiger partial charge in [-0.3, -0.25) is 0 Å². The highest BCUT2D eigenvalue weighted by molar-refractivity contribution is 7.80. The molecule has 2 aromatic rings. The first-order valence-electron chi connectivity index (χ1n) is 6.30. The molecule has 0 aliphatic heterocycles. The van der Waals surface area contributed by atoms with Gasteiger partial charge in [0, 0.05) is 12.1 Å². The van der Waals surface area contributed by atoms with E-state index in [-0.39, 0.29) is 5.82 Å². The molecule has 0 aliphatic rings. The summed E-state index contributed by atoms with van der Waals surface area (Å²) in [6.07, 6.45) is 1.02. The number of hydrogen-bond donors (Lipinski definition) is 1. The monoisotopic (exact) mass is 273 g/mol. The van der Waals surface area contributed by atoms with Crippen LogP contribution in [0.5, 0.6) is 0 Å². The number of nitrogens with one attached hydrogen (secondary N) is 1. The van der Waals surface area contributed by atoms with Gasteiger partial charge in [0.25, 0.3) is 0 Å². The Balaban J connectivity index is 1.95. The van der Waals surface area contributed by atoms with Gasteiger partial charge in [0.15, 0.2) is 0 Å². The van der Waals surface area contributed by atoms with Crippen LogP contribution in [0.2, 0.25) is 0 Å². The summed E-state index contributed by atoms with van der Waals surface area (Å²) < 4.78 is 12.8. The van der Waals surface area contributed by atoms with Crippen molar-refractivity contribution in [1.29, 1.82) is 0 Å². The smallest absolute Gasteiger partial charge is 0.123 e. The van der Waals surface area contributed by atoms with Crippen molar-refractivity contribution in [2.45, 2.75) is 19.9 Å². The van der Waals surface area contributed by atoms with Gasteiger partial charge in [0.05, 0.1) is 0 Å². The van der Waals surface area contributed by atoms with E-state index in [4.69, 9.17) is 12.2 Å². The first-order valence-corrected chi connectivity index (χ1v) is 6.71. The second-order valence-electron chi connectivity index (χ2n) is 4.36. The van der Waals surface area contributed by atoms with Gasteiger partial charge in [-0.05, 0) is 29.7 Å². The standard InChI is InChI=1S/C16H16FNS/c1-2-12-3-7-14(8-4-12)16(19)18-11-13-5-9-15(17)10-6-13/h3-10H,2,11H2,1H3,(H,18,19). The van der Waals surface area contributed by atoms with E-state index < -0.39 is 0 Å². The van der Waals surface area contributed by atoms with Gasteiger partial charge >= 0.3 is 0 Å². The summed E-state index contributed by atoms with van der Waals surface area (Å²) in [6, 6.07) is 14.6. The van der Waals surface area contributed by atoms with E-state index in [1.165, 1.54) is 17.7 Å². The van der Waals surface area contributed by atoms with E-state index in [0.717, 1.165) is 17.5 Å². The SMILES string of the molecule is CCc1ccc(C(=S)NCc2ccc(F)cc2)cc1. The Bertz CT molecular complexity index is 546. The van der Waals surface area contributed by atoms with Gasteiger partial charge in [-0.25, -0.2) is 4.39 Å². The first kappa shape index (κ1) is 13.7. The van der Waals surface area contributed by atoms with Gasteiger partial charge in [-0.2, -0.15) is 0 Å². The van der Waals surface area contributed by atoms with Gasteiger partial charge in [0.2, 0.25) is 0 Å².